The van der Waals surface area contributed by atoms with Gasteiger partial charge in [-0.2, -0.15) is 4.98 Å². The summed E-state index contributed by atoms with van der Waals surface area (Å²) in [5.41, 5.74) is 1.10. The standard InChI is InChI=1S/C18H22FN5O2/c1-3-20-16-6-8-21-18(23-16)22-14-5-4-12(10-15(14)26-2)17(25)24-9-7-13(19)11-24/h4-6,8,10,13H,3,7,9,11H2,1-2H3,(H2,20,21,22,23)/t13-/m0/s1. The molecule has 1 aliphatic rings. The summed E-state index contributed by atoms with van der Waals surface area (Å²) in [6.07, 6.45) is 1.10. The first kappa shape index (κ1) is 17.9. The Morgan fingerprint density at radius 1 is 1.42 bits per heavy atom. The van der Waals surface area contributed by atoms with Gasteiger partial charge in [0.15, 0.2) is 0 Å². The van der Waals surface area contributed by atoms with Gasteiger partial charge < -0.3 is 20.3 Å². The highest BCUT2D eigenvalue weighted by Crippen LogP contribution is 2.29. The molecular formula is C18H22FN5O2. The second kappa shape index (κ2) is 7.99. The van der Waals surface area contributed by atoms with Crippen LogP contribution in [0.25, 0.3) is 0 Å². The zero-order chi connectivity index (χ0) is 18.5. The summed E-state index contributed by atoms with van der Waals surface area (Å²) in [5.74, 6) is 1.43. The number of ether oxygens (including phenoxy) is 1. The Bertz CT molecular complexity index is 786. The Morgan fingerprint density at radius 2 is 2.27 bits per heavy atom. The maximum absolute atomic E-state index is 13.3. The third-order valence-corrected chi connectivity index (χ3v) is 4.13. The molecule has 2 aromatic rings. The minimum absolute atomic E-state index is 0.145. The van der Waals surface area contributed by atoms with Gasteiger partial charge in [0.25, 0.3) is 5.91 Å². The molecule has 1 aromatic carbocycles. The lowest BCUT2D eigenvalue weighted by Crippen LogP contribution is -2.28. The lowest BCUT2D eigenvalue weighted by molar-refractivity contribution is 0.0782. The maximum atomic E-state index is 13.3. The molecule has 1 atom stereocenters. The van der Waals surface area contributed by atoms with E-state index in [1.165, 1.54) is 12.0 Å². The molecule has 3 rings (SSSR count). The number of alkyl halides is 1. The number of carbonyl (C=O) groups is 1. The minimum atomic E-state index is -0.942. The first-order chi connectivity index (χ1) is 12.6. The molecule has 1 aliphatic heterocycles. The molecule has 1 aromatic heterocycles. The van der Waals surface area contributed by atoms with E-state index in [1.807, 2.05) is 6.92 Å². The van der Waals surface area contributed by atoms with Gasteiger partial charge in [-0.1, -0.05) is 0 Å². The molecule has 0 saturated carbocycles. The number of benzene rings is 1. The average Bonchev–Trinajstić information content (AvgIpc) is 3.08. The molecule has 26 heavy (non-hydrogen) atoms. The smallest absolute Gasteiger partial charge is 0.254 e. The number of carbonyl (C=O) groups excluding carboxylic acids is 1. The van der Waals surface area contributed by atoms with Crippen LogP contribution in [0.5, 0.6) is 5.75 Å². The van der Waals surface area contributed by atoms with Crippen molar-refractivity contribution in [2.45, 2.75) is 19.5 Å². The molecule has 0 aliphatic carbocycles. The molecule has 0 bridgehead atoms. The lowest BCUT2D eigenvalue weighted by Gasteiger charge is -2.17. The topological polar surface area (TPSA) is 79.4 Å². The number of hydrogen-bond acceptors (Lipinski definition) is 6. The summed E-state index contributed by atoms with van der Waals surface area (Å²) in [7, 11) is 1.53. The molecule has 138 valence electrons. The van der Waals surface area contributed by atoms with E-state index >= 15 is 0 Å². The Labute approximate surface area is 151 Å². The van der Waals surface area contributed by atoms with Gasteiger partial charge in [-0.25, -0.2) is 9.37 Å². The average molecular weight is 359 g/mol. The van der Waals surface area contributed by atoms with E-state index in [1.54, 1.807) is 30.5 Å². The SMILES string of the molecule is CCNc1ccnc(Nc2ccc(C(=O)N3CC[C@H](F)C3)cc2OC)n1. The van der Waals surface area contributed by atoms with Crippen LogP contribution in [0.2, 0.25) is 0 Å². The fourth-order valence-corrected chi connectivity index (χ4v) is 2.83. The Kier molecular flexibility index (Phi) is 5.50. The summed E-state index contributed by atoms with van der Waals surface area (Å²) in [6, 6.07) is 6.84. The van der Waals surface area contributed by atoms with Gasteiger partial charge in [-0.15, -0.1) is 0 Å². The summed E-state index contributed by atoms with van der Waals surface area (Å²) >= 11 is 0. The zero-order valence-electron chi connectivity index (χ0n) is 14.8. The molecular weight excluding hydrogens is 337 g/mol. The van der Waals surface area contributed by atoms with Crippen LogP contribution >= 0.6 is 0 Å². The van der Waals surface area contributed by atoms with Crippen LogP contribution in [-0.2, 0) is 0 Å². The molecule has 0 spiro atoms. The molecule has 2 heterocycles. The van der Waals surface area contributed by atoms with Crippen LogP contribution in [0.4, 0.5) is 21.8 Å². The second-order valence-corrected chi connectivity index (χ2v) is 5.97. The van der Waals surface area contributed by atoms with Crippen molar-refractivity contribution < 1.29 is 13.9 Å². The van der Waals surface area contributed by atoms with Crippen molar-refractivity contribution in [3.63, 3.8) is 0 Å². The van der Waals surface area contributed by atoms with E-state index in [0.29, 0.717) is 41.7 Å². The van der Waals surface area contributed by atoms with Gasteiger partial charge in [-0.05, 0) is 37.6 Å². The van der Waals surface area contributed by atoms with Crippen LogP contribution in [0.3, 0.4) is 0 Å². The van der Waals surface area contributed by atoms with Crippen LogP contribution in [0, 0.1) is 0 Å². The van der Waals surface area contributed by atoms with Crippen LogP contribution < -0.4 is 15.4 Å². The highest BCUT2D eigenvalue weighted by Gasteiger charge is 2.27. The number of aromatic nitrogens is 2. The minimum Gasteiger partial charge on any atom is -0.495 e. The van der Waals surface area contributed by atoms with Crippen molar-refractivity contribution in [3.05, 3.63) is 36.0 Å². The number of nitrogens with zero attached hydrogens (tertiary/aromatic N) is 3. The summed E-state index contributed by atoms with van der Waals surface area (Å²) in [4.78, 5) is 22.6. The van der Waals surface area contributed by atoms with Crippen molar-refractivity contribution in [2.24, 2.45) is 0 Å². The molecule has 1 amide bonds. The fourth-order valence-electron chi connectivity index (χ4n) is 2.83. The predicted molar refractivity (Wildman–Crippen MR) is 97.9 cm³/mol. The fraction of sp³-hybridized carbons (Fsp3) is 0.389. The summed E-state index contributed by atoms with van der Waals surface area (Å²) in [6.45, 7) is 3.33. The van der Waals surface area contributed by atoms with E-state index in [-0.39, 0.29) is 12.5 Å². The number of rotatable bonds is 6. The quantitative estimate of drug-likeness (QED) is 0.826. The van der Waals surface area contributed by atoms with Crippen molar-refractivity contribution >= 4 is 23.4 Å². The molecule has 8 heteroatoms. The van der Waals surface area contributed by atoms with Gasteiger partial charge >= 0.3 is 0 Å². The number of anilines is 3. The largest absolute Gasteiger partial charge is 0.495 e. The molecule has 1 fully saturated rings. The number of likely N-dealkylation sites (tertiary alicyclic amines) is 1. The maximum Gasteiger partial charge on any atom is 0.254 e. The third kappa shape index (κ3) is 4.01. The van der Waals surface area contributed by atoms with Crippen LogP contribution in [-0.4, -0.2) is 53.7 Å². The molecule has 0 radical (unpaired) electrons. The number of halogens is 1. The van der Waals surface area contributed by atoms with Gasteiger partial charge in [0.1, 0.15) is 17.7 Å². The van der Waals surface area contributed by atoms with Crippen LogP contribution in [0.15, 0.2) is 30.5 Å². The van der Waals surface area contributed by atoms with E-state index in [9.17, 15) is 9.18 Å². The predicted octanol–water partition coefficient (Wildman–Crippen LogP) is 2.84. The first-order valence-electron chi connectivity index (χ1n) is 8.56. The number of amides is 1. The molecule has 7 nitrogen and oxygen atoms in total. The molecule has 2 N–H and O–H groups in total. The summed E-state index contributed by atoms with van der Waals surface area (Å²) in [5, 5.41) is 6.21. The van der Waals surface area contributed by atoms with Gasteiger partial charge in [0.2, 0.25) is 5.95 Å². The highest BCUT2D eigenvalue weighted by molar-refractivity contribution is 5.95. The van der Waals surface area contributed by atoms with Crippen molar-refractivity contribution in [1.29, 1.82) is 0 Å². The number of nitrogens with one attached hydrogen (secondary N) is 2. The van der Waals surface area contributed by atoms with Crippen molar-refractivity contribution in [3.8, 4) is 5.75 Å². The Balaban J connectivity index is 1.78. The van der Waals surface area contributed by atoms with Crippen molar-refractivity contribution in [1.82, 2.24) is 14.9 Å². The molecule has 1 saturated heterocycles. The van der Waals surface area contributed by atoms with Gasteiger partial charge in [0, 0.05) is 24.8 Å². The van der Waals surface area contributed by atoms with Crippen molar-refractivity contribution in [2.75, 3.05) is 37.4 Å². The Hall–Kier alpha value is -2.90. The first-order valence-corrected chi connectivity index (χ1v) is 8.56. The highest BCUT2D eigenvalue weighted by atomic mass is 19.1. The number of hydrogen-bond donors (Lipinski definition) is 2. The second-order valence-electron chi connectivity index (χ2n) is 5.97. The van der Waals surface area contributed by atoms with E-state index in [4.69, 9.17) is 4.74 Å². The monoisotopic (exact) mass is 359 g/mol. The molecule has 0 unspecified atom stereocenters. The Morgan fingerprint density at radius 3 is 2.96 bits per heavy atom. The van der Waals surface area contributed by atoms with E-state index in [2.05, 4.69) is 20.6 Å². The van der Waals surface area contributed by atoms with Gasteiger partial charge in [0.05, 0.1) is 19.3 Å². The normalized spacial score (nSPS) is 16.4. The lowest BCUT2D eigenvalue weighted by atomic mass is 10.1. The third-order valence-electron chi connectivity index (χ3n) is 4.13. The summed E-state index contributed by atoms with van der Waals surface area (Å²) < 4.78 is 18.7. The zero-order valence-corrected chi connectivity index (χ0v) is 14.8. The van der Waals surface area contributed by atoms with Gasteiger partial charge in [-0.3, -0.25) is 4.79 Å². The van der Waals surface area contributed by atoms with E-state index in [0.717, 1.165) is 6.54 Å². The van der Waals surface area contributed by atoms with Crippen LogP contribution in [0.1, 0.15) is 23.7 Å². The number of methoxy groups -OCH3 is 1. The van der Waals surface area contributed by atoms with E-state index < -0.39 is 6.17 Å².